The van der Waals surface area contributed by atoms with Crippen LogP contribution in [0.25, 0.3) is 0 Å². The fraction of sp³-hybridized carbons (Fsp3) is 0.583. The van der Waals surface area contributed by atoms with E-state index in [1.54, 1.807) is 5.57 Å². The normalized spacial score (nSPS) is 24.3. The van der Waals surface area contributed by atoms with E-state index in [0.717, 1.165) is 17.9 Å². The van der Waals surface area contributed by atoms with Crippen molar-refractivity contribution in [2.45, 2.75) is 81.1 Å². The topological polar surface area (TPSA) is 0 Å². The first-order valence-corrected chi connectivity index (χ1v) is 9.50. The van der Waals surface area contributed by atoms with Crippen molar-refractivity contribution in [1.82, 2.24) is 0 Å². The standard InChI is InChI=1S/C24H38/c1-10-18(5)21(14-19(6)17(3)4)15-22-16-23(24(7,8)9)13-12-20(22)11-2/h11,14-15,23H,3,10,12-13,16H2,1-2,4-9H3/b19-14+,20-11+,21-18+,22-15-. The van der Waals surface area contributed by atoms with Gasteiger partial charge in [-0.25, -0.2) is 0 Å². The van der Waals surface area contributed by atoms with Gasteiger partial charge in [-0.1, -0.05) is 63.6 Å². The van der Waals surface area contributed by atoms with Crippen molar-refractivity contribution in [3.05, 3.63) is 58.2 Å². The summed E-state index contributed by atoms with van der Waals surface area (Å²) >= 11 is 0. The Kier molecular flexibility index (Phi) is 7.52. The minimum Gasteiger partial charge on any atom is -0.0958 e. The third kappa shape index (κ3) is 5.65. The Hall–Kier alpha value is -1.30. The Bertz CT molecular complexity index is 582. The lowest BCUT2D eigenvalue weighted by Crippen LogP contribution is -2.24. The third-order valence-corrected chi connectivity index (χ3v) is 5.61. The predicted octanol–water partition coefficient (Wildman–Crippen LogP) is 7.95. The average molecular weight is 327 g/mol. The molecule has 0 heterocycles. The van der Waals surface area contributed by atoms with Crippen molar-refractivity contribution in [3.63, 3.8) is 0 Å². The van der Waals surface area contributed by atoms with Crippen LogP contribution in [0, 0.1) is 11.3 Å². The van der Waals surface area contributed by atoms with Gasteiger partial charge in [0.2, 0.25) is 0 Å². The highest BCUT2D eigenvalue weighted by Gasteiger charge is 2.29. The Morgan fingerprint density at radius 2 is 1.79 bits per heavy atom. The van der Waals surface area contributed by atoms with E-state index in [-0.39, 0.29) is 0 Å². The van der Waals surface area contributed by atoms with Gasteiger partial charge < -0.3 is 0 Å². The van der Waals surface area contributed by atoms with E-state index >= 15 is 0 Å². The van der Waals surface area contributed by atoms with Gasteiger partial charge in [-0.15, -0.1) is 0 Å². The highest BCUT2D eigenvalue weighted by atomic mass is 14.3. The van der Waals surface area contributed by atoms with Gasteiger partial charge in [0.15, 0.2) is 0 Å². The Labute approximate surface area is 151 Å². The van der Waals surface area contributed by atoms with E-state index < -0.39 is 0 Å². The monoisotopic (exact) mass is 326 g/mol. The van der Waals surface area contributed by atoms with Crippen LogP contribution in [0.2, 0.25) is 0 Å². The number of hydrogen-bond donors (Lipinski definition) is 0. The maximum Gasteiger partial charge on any atom is -0.0242 e. The van der Waals surface area contributed by atoms with Gasteiger partial charge in [0.05, 0.1) is 0 Å². The third-order valence-electron chi connectivity index (χ3n) is 5.61. The van der Waals surface area contributed by atoms with Gasteiger partial charge in [-0.2, -0.15) is 0 Å². The maximum atomic E-state index is 4.09. The van der Waals surface area contributed by atoms with Crippen LogP contribution in [0.3, 0.4) is 0 Å². The molecule has 0 aliphatic heterocycles. The fourth-order valence-electron chi connectivity index (χ4n) is 3.25. The molecule has 0 spiro atoms. The van der Waals surface area contributed by atoms with Crippen molar-refractivity contribution in [1.29, 1.82) is 0 Å². The second-order valence-corrected chi connectivity index (χ2v) is 8.49. The molecule has 1 fully saturated rings. The van der Waals surface area contributed by atoms with Crippen molar-refractivity contribution in [2.24, 2.45) is 11.3 Å². The lowest BCUT2D eigenvalue weighted by molar-refractivity contribution is 0.215. The van der Waals surface area contributed by atoms with Crippen LogP contribution in [0.15, 0.2) is 58.2 Å². The van der Waals surface area contributed by atoms with Gasteiger partial charge >= 0.3 is 0 Å². The zero-order chi connectivity index (χ0) is 18.5. The van der Waals surface area contributed by atoms with Crippen molar-refractivity contribution >= 4 is 0 Å². The summed E-state index contributed by atoms with van der Waals surface area (Å²) in [6.45, 7) is 22.2. The lowest BCUT2D eigenvalue weighted by atomic mass is 9.69. The molecule has 0 bridgehead atoms. The summed E-state index contributed by atoms with van der Waals surface area (Å²) in [5.74, 6) is 0.766. The first-order valence-electron chi connectivity index (χ1n) is 9.50. The van der Waals surface area contributed by atoms with E-state index in [2.05, 4.69) is 80.2 Å². The van der Waals surface area contributed by atoms with Crippen LogP contribution in [-0.4, -0.2) is 0 Å². The molecule has 0 amide bonds. The van der Waals surface area contributed by atoms with Crippen molar-refractivity contribution in [2.75, 3.05) is 0 Å². The van der Waals surface area contributed by atoms with E-state index in [1.807, 2.05) is 0 Å². The van der Waals surface area contributed by atoms with Gasteiger partial charge in [-0.05, 0) is 87.0 Å². The van der Waals surface area contributed by atoms with Crippen LogP contribution in [0.5, 0.6) is 0 Å². The van der Waals surface area contributed by atoms with Gasteiger partial charge in [-0.3, -0.25) is 0 Å². The van der Waals surface area contributed by atoms with Crippen molar-refractivity contribution in [3.8, 4) is 0 Å². The Balaban J connectivity index is 3.32. The van der Waals surface area contributed by atoms with Crippen LogP contribution in [0.4, 0.5) is 0 Å². The van der Waals surface area contributed by atoms with E-state index in [9.17, 15) is 0 Å². The van der Waals surface area contributed by atoms with E-state index in [1.165, 1.54) is 41.6 Å². The highest BCUT2D eigenvalue weighted by molar-refractivity contribution is 5.47. The number of rotatable bonds is 4. The average Bonchev–Trinajstić information content (AvgIpc) is 2.52. The molecule has 0 aromatic heterocycles. The molecular weight excluding hydrogens is 288 g/mol. The summed E-state index contributed by atoms with van der Waals surface area (Å²) < 4.78 is 0. The smallest absolute Gasteiger partial charge is 0.0242 e. The van der Waals surface area contributed by atoms with E-state index in [4.69, 9.17) is 0 Å². The Morgan fingerprint density at radius 3 is 2.25 bits per heavy atom. The minimum absolute atomic E-state index is 0.380. The molecule has 1 unspecified atom stereocenters. The second-order valence-electron chi connectivity index (χ2n) is 8.49. The van der Waals surface area contributed by atoms with Crippen LogP contribution < -0.4 is 0 Å². The maximum absolute atomic E-state index is 4.09. The fourth-order valence-corrected chi connectivity index (χ4v) is 3.25. The molecule has 1 rings (SSSR count). The van der Waals surface area contributed by atoms with Gasteiger partial charge in [0.25, 0.3) is 0 Å². The molecule has 0 saturated heterocycles. The summed E-state index contributed by atoms with van der Waals surface area (Å²) in [7, 11) is 0. The van der Waals surface area contributed by atoms with Crippen LogP contribution in [0.1, 0.15) is 81.1 Å². The summed E-state index contributed by atoms with van der Waals surface area (Å²) in [5, 5.41) is 0. The molecule has 24 heavy (non-hydrogen) atoms. The highest BCUT2D eigenvalue weighted by Crippen LogP contribution is 2.42. The summed E-state index contributed by atoms with van der Waals surface area (Å²) in [5.41, 5.74) is 8.72. The quantitative estimate of drug-likeness (QED) is 0.460. The van der Waals surface area contributed by atoms with Gasteiger partial charge in [0, 0.05) is 0 Å². The zero-order valence-corrected chi connectivity index (χ0v) is 17.3. The van der Waals surface area contributed by atoms with Crippen LogP contribution in [-0.2, 0) is 0 Å². The van der Waals surface area contributed by atoms with Gasteiger partial charge in [0.1, 0.15) is 0 Å². The summed E-state index contributed by atoms with van der Waals surface area (Å²) in [6, 6.07) is 0. The largest absolute Gasteiger partial charge is 0.0958 e. The van der Waals surface area contributed by atoms with Crippen molar-refractivity contribution < 1.29 is 0 Å². The predicted molar refractivity (Wildman–Crippen MR) is 110 cm³/mol. The first kappa shape index (κ1) is 20.7. The summed E-state index contributed by atoms with van der Waals surface area (Å²) in [6.07, 6.45) is 11.9. The molecule has 0 radical (unpaired) electrons. The molecule has 1 saturated carbocycles. The SMILES string of the molecule is C=C(C)/C(C)=C/C(/C=C1/CC(C(C)(C)C)CC/C1=C\C)=C(/C)CC. The molecule has 0 nitrogen and oxygen atoms in total. The first-order chi connectivity index (χ1) is 11.1. The molecule has 0 N–H and O–H groups in total. The minimum atomic E-state index is 0.380. The molecule has 1 aliphatic rings. The number of allylic oxidation sites excluding steroid dienone is 9. The molecule has 0 aromatic rings. The summed E-state index contributed by atoms with van der Waals surface area (Å²) in [4.78, 5) is 0. The molecule has 134 valence electrons. The lowest BCUT2D eigenvalue weighted by Gasteiger charge is -2.36. The second kappa shape index (κ2) is 8.70. The van der Waals surface area contributed by atoms with Crippen LogP contribution >= 0.6 is 0 Å². The molecule has 0 heteroatoms. The zero-order valence-electron chi connectivity index (χ0n) is 17.3. The Morgan fingerprint density at radius 1 is 1.17 bits per heavy atom. The van der Waals surface area contributed by atoms with E-state index in [0.29, 0.717) is 5.41 Å². The number of hydrogen-bond acceptors (Lipinski definition) is 0. The molecule has 1 aliphatic carbocycles. The molecule has 0 aromatic carbocycles. The molecular formula is C24H38. The molecule has 1 atom stereocenters.